The molecule has 1 saturated heterocycles. The Balaban J connectivity index is 2.00. The molecule has 0 aliphatic carbocycles. The first-order valence-corrected chi connectivity index (χ1v) is 8.81. The minimum Gasteiger partial charge on any atom is -0.444 e. The van der Waals surface area contributed by atoms with Crippen LogP contribution >= 0.6 is 11.6 Å². The summed E-state index contributed by atoms with van der Waals surface area (Å²) in [7, 11) is -1.37. The summed E-state index contributed by atoms with van der Waals surface area (Å²) >= 11 is 5.72. The first-order valence-electron chi connectivity index (χ1n) is 7.12. The molecule has 0 spiro atoms. The summed E-state index contributed by atoms with van der Waals surface area (Å²) in [6.45, 7) is 6.11. The van der Waals surface area contributed by atoms with Gasteiger partial charge >= 0.3 is 6.09 Å². The van der Waals surface area contributed by atoms with Crippen molar-refractivity contribution in [1.29, 1.82) is 0 Å². The maximum absolute atomic E-state index is 12.3. The summed E-state index contributed by atoms with van der Waals surface area (Å²) in [5, 5.41) is 0.637. The number of rotatable bonds is 3. The average molecular weight is 346 g/mol. The molecule has 1 aliphatic rings. The molecule has 1 fully saturated rings. The van der Waals surface area contributed by atoms with Crippen molar-refractivity contribution in [3.05, 3.63) is 17.4 Å². The van der Waals surface area contributed by atoms with E-state index in [9.17, 15) is 9.00 Å². The smallest absolute Gasteiger partial charge is 0.410 e. The zero-order valence-corrected chi connectivity index (χ0v) is 14.5. The number of hydrogen-bond donors (Lipinski definition) is 0. The predicted octanol–water partition coefficient (Wildman–Crippen LogP) is 2.64. The number of halogens is 1. The van der Waals surface area contributed by atoms with Crippen LogP contribution in [-0.4, -0.2) is 49.1 Å². The van der Waals surface area contributed by atoms with Gasteiger partial charge in [-0.25, -0.2) is 14.8 Å². The number of hydrogen-bond acceptors (Lipinski definition) is 5. The third-order valence-electron chi connectivity index (χ3n) is 3.15. The van der Waals surface area contributed by atoms with Gasteiger partial charge in [0.25, 0.3) is 0 Å². The highest BCUT2D eigenvalue weighted by molar-refractivity contribution is 7.84. The molecule has 1 aliphatic heterocycles. The van der Waals surface area contributed by atoms with Gasteiger partial charge < -0.3 is 9.64 Å². The van der Waals surface area contributed by atoms with Gasteiger partial charge in [0.2, 0.25) is 5.16 Å². The minimum atomic E-state index is -1.37. The lowest BCUT2D eigenvalue weighted by Gasteiger charge is -2.28. The van der Waals surface area contributed by atoms with Crippen LogP contribution in [0.2, 0.25) is 5.02 Å². The van der Waals surface area contributed by atoms with Crippen LogP contribution in [0.4, 0.5) is 4.79 Å². The van der Waals surface area contributed by atoms with E-state index < -0.39 is 16.4 Å². The monoisotopic (exact) mass is 345 g/mol. The molecule has 0 aromatic carbocycles. The Labute approximate surface area is 137 Å². The van der Waals surface area contributed by atoms with Crippen LogP contribution in [0, 0.1) is 0 Å². The summed E-state index contributed by atoms with van der Waals surface area (Å²) < 4.78 is 17.7. The van der Waals surface area contributed by atoms with E-state index >= 15 is 0 Å². The maximum atomic E-state index is 12.3. The van der Waals surface area contributed by atoms with E-state index in [1.54, 1.807) is 4.90 Å². The molecule has 1 aromatic heterocycles. The number of amides is 1. The van der Waals surface area contributed by atoms with Crippen LogP contribution in [0.15, 0.2) is 17.6 Å². The molecule has 122 valence electrons. The van der Waals surface area contributed by atoms with Gasteiger partial charge in [-0.3, -0.25) is 4.21 Å². The van der Waals surface area contributed by atoms with Gasteiger partial charge in [0.05, 0.1) is 34.0 Å². The second kappa shape index (κ2) is 6.91. The zero-order chi connectivity index (χ0) is 16.3. The lowest BCUT2D eigenvalue weighted by atomic mass is 10.2. The van der Waals surface area contributed by atoms with Crippen LogP contribution in [-0.2, 0) is 15.5 Å². The van der Waals surface area contributed by atoms with Crippen LogP contribution in [0.25, 0.3) is 0 Å². The van der Waals surface area contributed by atoms with Crippen molar-refractivity contribution in [3.8, 4) is 0 Å². The van der Waals surface area contributed by atoms with Crippen LogP contribution < -0.4 is 0 Å². The number of carbonyl (C=O) groups excluding carboxylic acids is 1. The largest absolute Gasteiger partial charge is 0.444 e. The summed E-state index contributed by atoms with van der Waals surface area (Å²) in [5.74, 6) is 0.306. The van der Waals surface area contributed by atoms with Gasteiger partial charge in [0.1, 0.15) is 5.60 Å². The number of carbonyl (C=O) groups is 1. The van der Waals surface area contributed by atoms with Crippen LogP contribution in [0.5, 0.6) is 0 Å². The van der Waals surface area contributed by atoms with E-state index in [1.165, 1.54) is 12.4 Å². The lowest BCUT2D eigenvalue weighted by molar-refractivity contribution is 0.0241. The van der Waals surface area contributed by atoms with Gasteiger partial charge in [-0.15, -0.1) is 0 Å². The Bertz CT molecular complexity index is 559. The molecule has 6 nitrogen and oxygen atoms in total. The van der Waals surface area contributed by atoms with Crippen molar-refractivity contribution < 1.29 is 13.7 Å². The molecule has 0 radical (unpaired) electrons. The topological polar surface area (TPSA) is 72.4 Å². The Hall–Kier alpha value is -1.21. The average Bonchev–Trinajstić information content (AvgIpc) is 2.85. The van der Waals surface area contributed by atoms with Crippen LogP contribution in [0.1, 0.15) is 33.6 Å². The van der Waals surface area contributed by atoms with Gasteiger partial charge in [-0.05, 0) is 33.6 Å². The quantitative estimate of drug-likeness (QED) is 0.787. The van der Waals surface area contributed by atoms with Crippen molar-refractivity contribution in [3.63, 3.8) is 0 Å². The van der Waals surface area contributed by atoms with Crippen molar-refractivity contribution >= 4 is 28.5 Å². The Morgan fingerprint density at radius 3 is 2.68 bits per heavy atom. The Morgan fingerprint density at radius 2 is 2.09 bits per heavy atom. The number of likely N-dealkylation sites (tertiary alicyclic amines) is 1. The van der Waals surface area contributed by atoms with Crippen molar-refractivity contribution in [2.75, 3.05) is 12.3 Å². The van der Waals surface area contributed by atoms with E-state index in [0.717, 1.165) is 12.8 Å². The van der Waals surface area contributed by atoms with Gasteiger partial charge in [-0.1, -0.05) is 11.6 Å². The normalized spacial score (nSPS) is 20.0. The van der Waals surface area contributed by atoms with Gasteiger partial charge in [0.15, 0.2) is 0 Å². The van der Waals surface area contributed by atoms with Crippen molar-refractivity contribution in [2.24, 2.45) is 0 Å². The molecule has 2 atom stereocenters. The molecule has 2 unspecified atom stereocenters. The van der Waals surface area contributed by atoms with E-state index in [-0.39, 0.29) is 17.3 Å². The standard InChI is InChI=1S/C14H20ClN3O3S/c1-14(2,3)21-13(19)18-6-4-5-11(18)9-22(20)12-16-7-10(15)8-17-12/h7-8,11H,4-6,9H2,1-3H3. The highest BCUT2D eigenvalue weighted by Crippen LogP contribution is 2.22. The molecule has 1 amide bonds. The Morgan fingerprint density at radius 1 is 1.45 bits per heavy atom. The van der Waals surface area contributed by atoms with E-state index in [2.05, 4.69) is 9.97 Å². The summed E-state index contributed by atoms with van der Waals surface area (Å²) in [4.78, 5) is 21.8. The molecular weight excluding hydrogens is 326 g/mol. The molecule has 2 heterocycles. The summed E-state index contributed by atoms with van der Waals surface area (Å²) in [6, 6.07) is -0.116. The second-order valence-corrected chi connectivity index (χ2v) is 7.99. The van der Waals surface area contributed by atoms with E-state index in [0.29, 0.717) is 17.3 Å². The fourth-order valence-corrected chi connectivity index (χ4v) is 3.52. The first-order chi connectivity index (χ1) is 10.3. The van der Waals surface area contributed by atoms with Crippen molar-refractivity contribution in [1.82, 2.24) is 14.9 Å². The molecular formula is C14H20ClN3O3S. The Kier molecular flexibility index (Phi) is 5.39. The predicted molar refractivity (Wildman–Crippen MR) is 84.3 cm³/mol. The fourth-order valence-electron chi connectivity index (χ4n) is 2.24. The maximum Gasteiger partial charge on any atom is 0.410 e. The molecule has 2 rings (SSSR count). The molecule has 0 saturated carbocycles. The van der Waals surface area contributed by atoms with Gasteiger partial charge in [0, 0.05) is 12.6 Å². The zero-order valence-electron chi connectivity index (χ0n) is 12.9. The third kappa shape index (κ3) is 4.64. The van der Waals surface area contributed by atoms with E-state index in [1.807, 2.05) is 20.8 Å². The second-order valence-electron chi connectivity index (χ2n) is 6.17. The molecule has 8 heteroatoms. The minimum absolute atomic E-state index is 0.116. The van der Waals surface area contributed by atoms with Crippen molar-refractivity contribution in [2.45, 2.75) is 50.4 Å². The number of ether oxygens (including phenoxy) is 1. The molecule has 0 bridgehead atoms. The summed E-state index contributed by atoms with van der Waals surface area (Å²) in [5.41, 5.74) is -0.539. The third-order valence-corrected chi connectivity index (χ3v) is 4.65. The molecule has 22 heavy (non-hydrogen) atoms. The SMILES string of the molecule is CC(C)(C)OC(=O)N1CCCC1CS(=O)c1ncc(Cl)cn1. The highest BCUT2D eigenvalue weighted by Gasteiger charge is 2.33. The highest BCUT2D eigenvalue weighted by atomic mass is 35.5. The van der Waals surface area contributed by atoms with Crippen LogP contribution in [0.3, 0.4) is 0 Å². The fraction of sp³-hybridized carbons (Fsp3) is 0.643. The van der Waals surface area contributed by atoms with Gasteiger partial charge in [-0.2, -0.15) is 0 Å². The van der Waals surface area contributed by atoms with E-state index in [4.69, 9.17) is 16.3 Å². The molecule has 0 N–H and O–H groups in total. The molecule has 1 aromatic rings. The lowest BCUT2D eigenvalue weighted by Crippen LogP contribution is -2.42. The number of nitrogens with zero attached hydrogens (tertiary/aromatic N) is 3. The summed E-state index contributed by atoms with van der Waals surface area (Å²) in [6.07, 6.45) is 4.16. The number of aromatic nitrogens is 2. The first kappa shape index (κ1) is 17.1.